The molecule has 0 bridgehead atoms. The number of methoxy groups -OCH3 is 3. The summed E-state index contributed by atoms with van der Waals surface area (Å²) in [5.41, 5.74) is 1.43. The van der Waals surface area contributed by atoms with Gasteiger partial charge in [-0.05, 0) is 36.4 Å². The molecule has 0 saturated carbocycles. The summed E-state index contributed by atoms with van der Waals surface area (Å²) in [6.45, 7) is 1.57. The Morgan fingerprint density at radius 2 is 1.48 bits per heavy atom. The van der Waals surface area contributed by atoms with E-state index < -0.39 is 0 Å². The zero-order valence-electron chi connectivity index (χ0n) is 17.9. The predicted octanol–water partition coefficient (Wildman–Crippen LogP) is 3.61. The summed E-state index contributed by atoms with van der Waals surface area (Å²) >= 11 is 0. The lowest BCUT2D eigenvalue weighted by atomic mass is 10.1. The molecule has 3 aromatic rings. The largest absolute Gasteiger partial charge is 0.497 e. The average Bonchev–Trinajstić information content (AvgIpc) is 2.84. The number of aromatic nitrogens is 3. The second-order valence-electron chi connectivity index (χ2n) is 7.16. The smallest absolute Gasteiger partial charge is 0.245 e. The number of piperidine rings is 1. The van der Waals surface area contributed by atoms with E-state index in [0.29, 0.717) is 23.1 Å². The van der Waals surface area contributed by atoms with E-state index in [1.807, 2.05) is 42.5 Å². The quantitative estimate of drug-likeness (QED) is 0.571. The summed E-state index contributed by atoms with van der Waals surface area (Å²) in [4.78, 5) is 6.88. The van der Waals surface area contributed by atoms with Crippen molar-refractivity contribution in [1.29, 1.82) is 0 Å². The molecular formula is C23H26N4O4. The average molecular weight is 422 g/mol. The van der Waals surface area contributed by atoms with Gasteiger partial charge in [0.2, 0.25) is 5.95 Å². The monoisotopic (exact) mass is 422 g/mol. The lowest BCUT2D eigenvalue weighted by Gasteiger charge is -2.32. The van der Waals surface area contributed by atoms with Crippen LogP contribution in [0.4, 0.5) is 5.95 Å². The third-order valence-electron chi connectivity index (χ3n) is 5.32. The molecule has 0 N–H and O–H groups in total. The predicted molar refractivity (Wildman–Crippen MR) is 117 cm³/mol. The van der Waals surface area contributed by atoms with Crippen LogP contribution in [-0.4, -0.2) is 55.7 Å². The molecule has 0 unspecified atom stereocenters. The summed E-state index contributed by atoms with van der Waals surface area (Å²) in [5.74, 6) is 3.61. The van der Waals surface area contributed by atoms with Gasteiger partial charge in [0.05, 0.1) is 33.1 Å². The first kappa shape index (κ1) is 20.7. The van der Waals surface area contributed by atoms with Crippen molar-refractivity contribution in [2.24, 2.45) is 0 Å². The highest BCUT2D eigenvalue weighted by Gasteiger charge is 2.24. The normalized spacial score (nSPS) is 14.2. The Balaban J connectivity index is 1.45. The van der Waals surface area contributed by atoms with Crippen LogP contribution < -0.4 is 23.8 Å². The second-order valence-corrected chi connectivity index (χ2v) is 7.16. The molecule has 1 aliphatic heterocycles. The van der Waals surface area contributed by atoms with Gasteiger partial charge >= 0.3 is 0 Å². The van der Waals surface area contributed by atoms with E-state index >= 15 is 0 Å². The molecule has 2 heterocycles. The Labute approximate surface area is 181 Å². The number of ether oxygens (including phenoxy) is 4. The van der Waals surface area contributed by atoms with E-state index in [9.17, 15) is 0 Å². The van der Waals surface area contributed by atoms with Gasteiger partial charge in [-0.25, -0.2) is 4.98 Å². The standard InChI is InChI=1S/C23H26N4O4/c1-28-16-7-9-17(10-8-16)31-18-11-13-27(14-12-18)23-25-19(15-24-26-23)22-20(29-2)5-4-6-21(22)30-3/h4-10,15,18H,11-14H2,1-3H3. The minimum Gasteiger partial charge on any atom is -0.497 e. The van der Waals surface area contributed by atoms with Crippen LogP contribution in [0.2, 0.25) is 0 Å². The summed E-state index contributed by atoms with van der Waals surface area (Å²) in [5, 5.41) is 8.44. The highest BCUT2D eigenvalue weighted by atomic mass is 16.5. The van der Waals surface area contributed by atoms with Crippen molar-refractivity contribution < 1.29 is 18.9 Å². The van der Waals surface area contributed by atoms with Gasteiger partial charge in [-0.15, -0.1) is 5.10 Å². The molecule has 1 saturated heterocycles. The zero-order valence-corrected chi connectivity index (χ0v) is 17.9. The van der Waals surface area contributed by atoms with Crippen molar-refractivity contribution in [2.45, 2.75) is 18.9 Å². The highest BCUT2D eigenvalue weighted by Crippen LogP contribution is 2.37. The third kappa shape index (κ3) is 4.63. The lowest BCUT2D eigenvalue weighted by molar-refractivity contribution is 0.170. The summed E-state index contributed by atoms with van der Waals surface area (Å²) in [6.07, 6.45) is 3.52. The van der Waals surface area contributed by atoms with Crippen molar-refractivity contribution in [3.8, 4) is 34.3 Å². The zero-order chi connectivity index (χ0) is 21.6. The maximum atomic E-state index is 6.12. The van der Waals surface area contributed by atoms with Crippen LogP contribution in [0.15, 0.2) is 48.7 Å². The Bertz CT molecular complexity index is 982. The molecule has 8 heteroatoms. The van der Waals surface area contributed by atoms with Crippen LogP contribution in [0.5, 0.6) is 23.0 Å². The molecule has 0 aliphatic carbocycles. The van der Waals surface area contributed by atoms with Gasteiger partial charge in [0.1, 0.15) is 34.8 Å². The van der Waals surface area contributed by atoms with Crippen LogP contribution in [0.1, 0.15) is 12.8 Å². The fourth-order valence-corrected chi connectivity index (χ4v) is 3.67. The molecule has 2 aromatic carbocycles. The molecule has 8 nitrogen and oxygen atoms in total. The van der Waals surface area contributed by atoms with Gasteiger partial charge < -0.3 is 23.8 Å². The fraction of sp³-hybridized carbons (Fsp3) is 0.348. The van der Waals surface area contributed by atoms with Gasteiger partial charge in [0.25, 0.3) is 0 Å². The van der Waals surface area contributed by atoms with Crippen molar-refractivity contribution in [1.82, 2.24) is 15.2 Å². The number of hydrogen-bond acceptors (Lipinski definition) is 8. The van der Waals surface area contributed by atoms with Crippen LogP contribution >= 0.6 is 0 Å². The Morgan fingerprint density at radius 3 is 2.10 bits per heavy atom. The molecule has 31 heavy (non-hydrogen) atoms. The first-order valence-electron chi connectivity index (χ1n) is 10.2. The summed E-state index contributed by atoms with van der Waals surface area (Å²) < 4.78 is 22.3. The van der Waals surface area contributed by atoms with Crippen LogP contribution in [0, 0.1) is 0 Å². The van der Waals surface area contributed by atoms with E-state index in [4.69, 9.17) is 23.9 Å². The summed E-state index contributed by atoms with van der Waals surface area (Å²) in [7, 11) is 4.91. The fourth-order valence-electron chi connectivity index (χ4n) is 3.67. The molecule has 0 amide bonds. The summed E-state index contributed by atoms with van der Waals surface area (Å²) in [6, 6.07) is 13.3. The molecular weight excluding hydrogens is 396 g/mol. The van der Waals surface area contributed by atoms with E-state index in [1.165, 1.54) is 0 Å². The second kappa shape index (κ2) is 9.51. The molecule has 0 radical (unpaired) electrons. The highest BCUT2D eigenvalue weighted by molar-refractivity contribution is 5.74. The lowest BCUT2D eigenvalue weighted by Crippen LogP contribution is -2.39. The Morgan fingerprint density at radius 1 is 0.839 bits per heavy atom. The number of anilines is 1. The van der Waals surface area contributed by atoms with E-state index in [1.54, 1.807) is 27.5 Å². The molecule has 0 atom stereocenters. The topological polar surface area (TPSA) is 78.8 Å². The molecule has 1 fully saturated rings. The molecule has 1 aromatic heterocycles. The van der Waals surface area contributed by atoms with E-state index in [-0.39, 0.29) is 6.10 Å². The number of nitrogens with zero attached hydrogens (tertiary/aromatic N) is 4. The van der Waals surface area contributed by atoms with E-state index in [0.717, 1.165) is 43.0 Å². The van der Waals surface area contributed by atoms with Crippen LogP contribution in [0.25, 0.3) is 11.3 Å². The molecule has 0 spiro atoms. The van der Waals surface area contributed by atoms with Crippen molar-refractivity contribution in [3.05, 3.63) is 48.7 Å². The van der Waals surface area contributed by atoms with Crippen LogP contribution in [0.3, 0.4) is 0 Å². The Hall–Kier alpha value is -3.55. The molecule has 4 rings (SSSR count). The molecule has 162 valence electrons. The minimum absolute atomic E-state index is 0.148. The van der Waals surface area contributed by atoms with Gasteiger partial charge in [-0.1, -0.05) is 6.07 Å². The first-order chi connectivity index (χ1) is 15.2. The number of hydrogen-bond donors (Lipinski definition) is 0. The third-order valence-corrected chi connectivity index (χ3v) is 5.32. The Kier molecular flexibility index (Phi) is 6.35. The molecule has 1 aliphatic rings. The maximum absolute atomic E-state index is 6.12. The number of benzene rings is 2. The van der Waals surface area contributed by atoms with Gasteiger partial charge in [-0.3, -0.25) is 0 Å². The SMILES string of the molecule is COc1ccc(OC2CCN(c3nncc(-c4c(OC)cccc4OC)n3)CC2)cc1. The maximum Gasteiger partial charge on any atom is 0.245 e. The van der Waals surface area contributed by atoms with Crippen molar-refractivity contribution in [2.75, 3.05) is 39.3 Å². The van der Waals surface area contributed by atoms with Crippen molar-refractivity contribution >= 4 is 5.95 Å². The number of rotatable bonds is 7. The minimum atomic E-state index is 0.148. The van der Waals surface area contributed by atoms with Gasteiger partial charge in [0.15, 0.2) is 0 Å². The van der Waals surface area contributed by atoms with Crippen molar-refractivity contribution in [3.63, 3.8) is 0 Å². The van der Waals surface area contributed by atoms with Crippen LogP contribution in [-0.2, 0) is 0 Å². The van der Waals surface area contributed by atoms with Gasteiger partial charge in [0, 0.05) is 25.9 Å². The van der Waals surface area contributed by atoms with E-state index in [2.05, 4.69) is 15.1 Å². The first-order valence-corrected chi connectivity index (χ1v) is 10.2. The van der Waals surface area contributed by atoms with Gasteiger partial charge in [-0.2, -0.15) is 5.10 Å².